The lowest BCUT2D eigenvalue weighted by Gasteiger charge is -2.15. The molecule has 0 aliphatic heterocycles. The van der Waals surface area contributed by atoms with Gasteiger partial charge in [0.05, 0.1) is 0 Å². The van der Waals surface area contributed by atoms with E-state index in [1.807, 2.05) is 6.08 Å². The average molecular weight is 359 g/mol. The summed E-state index contributed by atoms with van der Waals surface area (Å²) >= 11 is 0. The van der Waals surface area contributed by atoms with Crippen LogP contribution >= 0.6 is 0 Å². The monoisotopic (exact) mass is 358 g/mol. The lowest BCUT2D eigenvalue weighted by Crippen LogP contribution is -2.14. The van der Waals surface area contributed by atoms with Gasteiger partial charge in [-0.15, -0.1) is 0 Å². The molecule has 2 nitrogen and oxygen atoms in total. The van der Waals surface area contributed by atoms with E-state index in [0.29, 0.717) is 17.1 Å². The highest BCUT2D eigenvalue weighted by Crippen LogP contribution is 2.24. The third kappa shape index (κ3) is 8.29. The van der Waals surface area contributed by atoms with Gasteiger partial charge in [-0.3, -0.25) is 9.59 Å². The van der Waals surface area contributed by atoms with Crippen LogP contribution in [0.1, 0.15) is 98.3 Å². The Morgan fingerprint density at radius 2 is 1.54 bits per heavy atom. The number of carbonyl (C=O) groups is 2. The van der Waals surface area contributed by atoms with E-state index >= 15 is 0 Å². The van der Waals surface area contributed by atoms with Crippen LogP contribution in [0.3, 0.4) is 0 Å². The number of hydrogen-bond donors (Lipinski definition) is 0. The first kappa shape index (κ1) is 22.6. The smallest absolute Gasteiger partial charge is 0.189 e. The predicted molar refractivity (Wildman–Crippen MR) is 111 cm³/mol. The van der Waals surface area contributed by atoms with Crippen LogP contribution in [0, 0.1) is 5.92 Å². The quantitative estimate of drug-likeness (QED) is 0.265. The van der Waals surface area contributed by atoms with Crippen molar-refractivity contribution >= 4 is 11.6 Å². The Bertz CT molecular complexity index is 549. The zero-order valence-electron chi connectivity index (χ0n) is 17.4. The standard InChI is InChI=1S/C24H38O2/c1-5-7-8-9-10-11-12-13-15-21-17-23(25)18-22(24(21)26)16-20(4)19(3)14-6-2/h16-19H,5-15H2,1-4H3. The maximum absolute atomic E-state index is 12.7. The van der Waals surface area contributed by atoms with Gasteiger partial charge < -0.3 is 0 Å². The summed E-state index contributed by atoms with van der Waals surface area (Å²) in [6.07, 6.45) is 17.9. The lowest BCUT2D eigenvalue weighted by molar-refractivity contribution is -0.115. The minimum absolute atomic E-state index is 0.0404. The van der Waals surface area contributed by atoms with Gasteiger partial charge in [0.2, 0.25) is 0 Å². The molecule has 1 aliphatic rings. The van der Waals surface area contributed by atoms with Crippen molar-refractivity contribution in [2.24, 2.45) is 5.92 Å². The first-order valence-corrected chi connectivity index (χ1v) is 10.7. The molecule has 0 aromatic carbocycles. The zero-order valence-corrected chi connectivity index (χ0v) is 17.4. The summed E-state index contributed by atoms with van der Waals surface area (Å²) in [5, 5.41) is 0. The molecule has 0 saturated heterocycles. The highest BCUT2D eigenvalue weighted by molar-refractivity contribution is 6.21. The Morgan fingerprint density at radius 3 is 2.15 bits per heavy atom. The summed E-state index contributed by atoms with van der Waals surface area (Å²) in [7, 11) is 0. The fraction of sp³-hybridized carbons (Fsp3) is 0.667. The van der Waals surface area contributed by atoms with Crippen molar-refractivity contribution in [3.8, 4) is 0 Å². The molecular weight excluding hydrogens is 320 g/mol. The van der Waals surface area contributed by atoms with Gasteiger partial charge in [-0.1, -0.05) is 83.8 Å². The number of allylic oxidation sites excluding steroid dienone is 6. The fourth-order valence-corrected chi connectivity index (χ4v) is 3.47. The molecule has 0 heterocycles. The minimum atomic E-state index is -0.0404. The SMILES string of the molecule is CCCCCCCCCCC1=CC(=O)C=C(C=C(C)C(C)CCC)C1=O. The molecule has 0 aromatic heterocycles. The van der Waals surface area contributed by atoms with Crippen LogP contribution < -0.4 is 0 Å². The molecule has 0 fully saturated rings. The van der Waals surface area contributed by atoms with Gasteiger partial charge in [-0.2, -0.15) is 0 Å². The van der Waals surface area contributed by atoms with E-state index in [4.69, 9.17) is 0 Å². The molecule has 1 atom stereocenters. The van der Waals surface area contributed by atoms with Gasteiger partial charge in [-0.05, 0) is 44.3 Å². The molecule has 2 heteroatoms. The van der Waals surface area contributed by atoms with Crippen LogP contribution in [-0.4, -0.2) is 11.6 Å². The number of ketones is 2. The second kappa shape index (κ2) is 12.8. The third-order valence-corrected chi connectivity index (χ3v) is 5.35. The second-order valence-corrected chi connectivity index (χ2v) is 7.80. The molecule has 146 valence electrons. The summed E-state index contributed by atoms with van der Waals surface area (Å²) in [6, 6.07) is 0. The van der Waals surface area contributed by atoms with Gasteiger partial charge in [0.15, 0.2) is 11.6 Å². The van der Waals surface area contributed by atoms with Crippen molar-refractivity contribution in [3.05, 3.63) is 34.9 Å². The highest BCUT2D eigenvalue weighted by atomic mass is 16.1. The second-order valence-electron chi connectivity index (χ2n) is 7.80. The van der Waals surface area contributed by atoms with Crippen molar-refractivity contribution in [2.45, 2.75) is 98.3 Å². The molecule has 0 aromatic rings. The van der Waals surface area contributed by atoms with Crippen molar-refractivity contribution < 1.29 is 9.59 Å². The molecule has 1 unspecified atom stereocenters. The predicted octanol–water partition coefficient (Wildman–Crippen LogP) is 6.90. The van der Waals surface area contributed by atoms with Crippen molar-refractivity contribution in [1.82, 2.24) is 0 Å². The first-order chi connectivity index (χ1) is 12.5. The maximum Gasteiger partial charge on any atom is 0.189 e. The fourth-order valence-electron chi connectivity index (χ4n) is 3.47. The first-order valence-electron chi connectivity index (χ1n) is 10.7. The molecule has 1 aliphatic carbocycles. The van der Waals surface area contributed by atoms with Crippen LogP contribution in [0.5, 0.6) is 0 Å². The molecule has 0 N–H and O–H groups in total. The maximum atomic E-state index is 12.7. The van der Waals surface area contributed by atoms with E-state index in [-0.39, 0.29) is 11.6 Å². The van der Waals surface area contributed by atoms with Gasteiger partial charge in [0, 0.05) is 11.1 Å². The largest absolute Gasteiger partial charge is 0.290 e. The molecule has 26 heavy (non-hydrogen) atoms. The Hall–Kier alpha value is -1.44. The van der Waals surface area contributed by atoms with Crippen LogP contribution in [0.4, 0.5) is 0 Å². The summed E-state index contributed by atoms with van der Waals surface area (Å²) in [6.45, 7) is 8.65. The minimum Gasteiger partial charge on any atom is -0.290 e. The number of Topliss-reactive ketones (excluding diaryl/α,β-unsaturated/α-hetero) is 1. The molecular formula is C24H38O2. The topological polar surface area (TPSA) is 34.1 Å². The van der Waals surface area contributed by atoms with Crippen LogP contribution in [-0.2, 0) is 9.59 Å². The molecule has 0 bridgehead atoms. The third-order valence-electron chi connectivity index (χ3n) is 5.35. The Kier molecular flexibility index (Phi) is 11.2. The highest BCUT2D eigenvalue weighted by Gasteiger charge is 2.20. The molecule has 0 saturated carbocycles. The van der Waals surface area contributed by atoms with Gasteiger partial charge in [-0.25, -0.2) is 0 Å². The molecule has 0 amide bonds. The van der Waals surface area contributed by atoms with Crippen LogP contribution in [0.15, 0.2) is 34.9 Å². The van der Waals surface area contributed by atoms with Crippen LogP contribution in [0.2, 0.25) is 0 Å². The average Bonchev–Trinajstić information content (AvgIpc) is 2.61. The van der Waals surface area contributed by atoms with Gasteiger partial charge in [0.1, 0.15) is 0 Å². The van der Waals surface area contributed by atoms with E-state index in [0.717, 1.165) is 32.1 Å². The van der Waals surface area contributed by atoms with Gasteiger partial charge >= 0.3 is 0 Å². The van der Waals surface area contributed by atoms with Crippen LogP contribution in [0.25, 0.3) is 0 Å². The summed E-state index contributed by atoms with van der Waals surface area (Å²) in [5.74, 6) is 0.461. The van der Waals surface area contributed by atoms with E-state index in [1.165, 1.54) is 50.2 Å². The molecule has 1 rings (SSSR count). The van der Waals surface area contributed by atoms with Crippen molar-refractivity contribution in [3.63, 3.8) is 0 Å². The number of rotatable bonds is 13. The summed E-state index contributed by atoms with van der Waals surface area (Å²) < 4.78 is 0. The summed E-state index contributed by atoms with van der Waals surface area (Å²) in [5.41, 5.74) is 2.46. The Morgan fingerprint density at radius 1 is 0.923 bits per heavy atom. The molecule has 0 spiro atoms. The van der Waals surface area contributed by atoms with E-state index in [1.54, 1.807) is 6.08 Å². The number of unbranched alkanes of at least 4 members (excludes halogenated alkanes) is 7. The number of hydrogen-bond acceptors (Lipinski definition) is 2. The number of carbonyl (C=O) groups excluding carboxylic acids is 2. The zero-order chi connectivity index (χ0) is 19.4. The van der Waals surface area contributed by atoms with Gasteiger partial charge in [0.25, 0.3) is 0 Å². The van der Waals surface area contributed by atoms with E-state index < -0.39 is 0 Å². The van der Waals surface area contributed by atoms with E-state index in [2.05, 4.69) is 27.7 Å². The lowest BCUT2D eigenvalue weighted by atomic mass is 9.88. The normalized spacial score (nSPS) is 16.5. The Balaban J connectivity index is 2.47. The Labute approximate surface area is 160 Å². The van der Waals surface area contributed by atoms with E-state index in [9.17, 15) is 9.59 Å². The molecule has 0 radical (unpaired) electrons. The van der Waals surface area contributed by atoms with Crippen molar-refractivity contribution in [1.29, 1.82) is 0 Å². The van der Waals surface area contributed by atoms with Crippen molar-refractivity contribution in [2.75, 3.05) is 0 Å². The summed E-state index contributed by atoms with van der Waals surface area (Å²) in [4.78, 5) is 24.7.